The van der Waals surface area contributed by atoms with E-state index in [1.165, 1.54) is 19.1 Å². The first-order valence-corrected chi connectivity index (χ1v) is 7.89. The molecule has 0 spiro atoms. The maximum atomic E-state index is 11.3. The van der Waals surface area contributed by atoms with Gasteiger partial charge in [-0.3, -0.25) is 4.79 Å². The van der Waals surface area contributed by atoms with Crippen molar-refractivity contribution in [2.45, 2.75) is 37.6 Å². The number of carbonyl (C=O) groups is 1. The molecular weight excluding hydrogens is 348 g/mol. The van der Waals surface area contributed by atoms with E-state index in [9.17, 15) is 24.9 Å². The number of hydrogen-bond acceptors (Lipinski definition) is 9. The van der Waals surface area contributed by atoms with E-state index in [0.717, 1.165) is 0 Å². The Kier molecular flexibility index (Phi) is 5.23. The Hall–Kier alpha value is -2.46. The number of carbonyl (C=O) groups excluding carboxylic acids is 1. The lowest BCUT2D eigenvalue weighted by Gasteiger charge is -2.39. The molecule has 1 aromatic carbocycles. The molecule has 2 heterocycles. The summed E-state index contributed by atoms with van der Waals surface area (Å²) < 4.78 is 20.8. The summed E-state index contributed by atoms with van der Waals surface area (Å²) in [6, 6.07) is 7.52. The van der Waals surface area contributed by atoms with E-state index in [2.05, 4.69) is 0 Å². The quantitative estimate of drug-likeness (QED) is 0.485. The van der Waals surface area contributed by atoms with Gasteiger partial charge >= 0.3 is 11.6 Å². The van der Waals surface area contributed by atoms with E-state index in [4.69, 9.17) is 18.6 Å². The first-order valence-electron chi connectivity index (χ1n) is 7.89. The highest BCUT2D eigenvalue weighted by atomic mass is 16.7. The summed E-state index contributed by atoms with van der Waals surface area (Å²) in [4.78, 5) is 22.2. The molecule has 0 saturated carbocycles. The summed E-state index contributed by atoms with van der Waals surface area (Å²) in [5.41, 5.74) is -0.249. The van der Waals surface area contributed by atoms with Gasteiger partial charge in [0.15, 0.2) is 0 Å². The smallest absolute Gasteiger partial charge is 0.336 e. The summed E-state index contributed by atoms with van der Waals surface area (Å²) in [5.74, 6) is -0.367. The van der Waals surface area contributed by atoms with Gasteiger partial charge in [0.2, 0.25) is 6.29 Å². The van der Waals surface area contributed by atoms with Crippen LogP contribution in [0.5, 0.6) is 5.75 Å². The van der Waals surface area contributed by atoms with Crippen molar-refractivity contribution in [2.24, 2.45) is 0 Å². The van der Waals surface area contributed by atoms with E-state index in [1.54, 1.807) is 18.2 Å². The van der Waals surface area contributed by atoms with Crippen molar-refractivity contribution in [1.29, 1.82) is 0 Å². The zero-order valence-electron chi connectivity index (χ0n) is 13.8. The predicted octanol–water partition coefficient (Wildman–Crippen LogP) is -0.458. The molecule has 1 aromatic heterocycles. The lowest BCUT2D eigenvalue weighted by atomic mass is 9.99. The van der Waals surface area contributed by atoms with Crippen molar-refractivity contribution in [2.75, 3.05) is 6.61 Å². The average Bonchev–Trinajstić information content (AvgIpc) is 2.60. The molecule has 140 valence electrons. The van der Waals surface area contributed by atoms with Crippen LogP contribution in [0, 0.1) is 0 Å². The first kappa shape index (κ1) is 18.3. The summed E-state index contributed by atoms with van der Waals surface area (Å²) in [5, 5.41) is 30.7. The Balaban J connectivity index is 1.78. The molecule has 2 aromatic rings. The fourth-order valence-corrected chi connectivity index (χ4v) is 2.60. The van der Waals surface area contributed by atoms with Crippen LogP contribution in [-0.2, 0) is 14.3 Å². The maximum absolute atomic E-state index is 11.3. The van der Waals surface area contributed by atoms with E-state index in [-0.39, 0.29) is 17.9 Å². The number of esters is 1. The van der Waals surface area contributed by atoms with Crippen molar-refractivity contribution >= 4 is 16.9 Å². The fourth-order valence-electron chi connectivity index (χ4n) is 2.60. The van der Waals surface area contributed by atoms with Crippen LogP contribution in [0.15, 0.2) is 39.5 Å². The minimum atomic E-state index is -1.56. The number of hydrogen-bond donors (Lipinski definition) is 3. The van der Waals surface area contributed by atoms with Crippen molar-refractivity contribution in [3.05, 3.63) is 40.8 Å². The lowest BCUT2D eigenvalue weighted by molar-refractivity contribution is -0.278. The van der Waals surface area contributed by atoms with Gasteiger partial charge in [0.1, 0.15) is 42.4 Å². The van der Waals surface area contributed by atoms with Gasteiger partial charge in [-0.25, -0.2) is 4.79 Å². The van der Waals surface area contributed by atoms with Crippen molar-refractivity contribution in [1.82, 2.24) is 0 Å². The molecule has 1 aliphatic heterocycles. The van der Waals surface area contributed by atoms with E-state index >= 15 is 0 Å². The molecule has 9 heteroatoms. The summed E-state index contributed by atoms with van der Waals surface area (Å²) >= 11 is 0. The molecule has 0 bridgehead atoms. The average molecular weight is 366 g/mol. The fraction of sp³-hybridized carbons (Fsp3) is 0.412. The van der Waals surface area contributed by atoms with Gasteiger partial charge in [0, 0.05) is 24.4 Å². The second-order valence-corrected chi connectivity index (χ2v) is 5.89. The minimum absolute atomic E-state index is 0.214. The van der Waals surface area contributed by atoms with Gasteiger partial charge in [-0.2, -0.15) is 0 Å². The molecule has 1 aliphatic rings. The highest BCUT2D eigenvalue weighted by molar-refractivity contribution is 5.77. The van der Waals surface area contributed by atoms with Gasteiger partial charge in [0.25, 0.3) is 0 Å². The van der Waals surface area contributed by atoms with Crippen LogP contribution in [0.4, 0.5) is 0 Å². The standard InChI is InChI=1S/C17H18O9/c1-8(18)23-7-12-14(20)15(21)16(22)17(26-12)24-10-4-2-9-3-5-13(19)25-11(9)6-10/h2-6,12,14-17,20-22H,7H2,1H3. The second kappa shape index (κ2) is 7.42. The molecular formula is C17H18O9. The second-order valence-electron chi connectivity index (χ2n) is 5.89. The van der Waals surface area contributed by atoms with Gasteiger partial charge in [0.05, 0.1) is 0 Å². The minimum Gasteiger partial charge on any atom is -0.463 e. The molecule has 0 radical (unpaired) electrons. The number of aliphatic hydroxyl groups excluding tert-OH is 3. The predicted molar refractivity (Wildman–Crippen MR) is 86.4 cm³/mol. The van der Waals surface area contributed by atoms with Gasteiger partial charge in [-0.15, -0.1) is 0 Å². The van der Waals surface area contributed by atoms with Crippen LogP contribution < -0.4 is 10.4 Å². The molecule has 0 aliphatic carbocycles. The number of benzene rings is 1. The van der Waals surface area contributed by atoms with Crippen LogP contribution in [-0.4, -0.2) is 58.6 Å². The molecule has 1 fully saturated rings. The van der Waals surface area contributed by atoms with E-state index < -0.39 is 42.3 Å². The van der Waals surface area contributed by atoms with E-state index in [0.29, 0.717) is 5.39 Å². The topological polar surface area (TPSA) is 136 Å². The monoisotopic (exact) mass is 366 g/mol. The Morgan fingerprint density at radius 2 is 1.85 bits per heavy atom. The molecule has 5 unspecified atom stereocenters. The maximum Gasteiger partial charge on any atom is 0.336 e. The largest absolute Gasteiger partial charge is 0.463 e. The van der Waals surface area contributed by atoms with Crippen LogP contribution >= 0.6 is 0 Å². The number of fused-ring (bicyclic) bond motifs is 1. The molecule has 3 rings (SSSR count). The Morgan fingerprint density at radius 3 is 2.58 bits per heavy atom. The Labute approximate surface area is 147 Å². The van der Waals surface area contributed by atoms with Crippen LogP contribution in [0.1, 0.15) is 6.92 Å². The third kappa shape index (κ3) is 3.86. The lowest BCUT2D eigenvalue weighted by Crippen LogP contribution is -2.60. The van der Waals surface area contributed by atoms with Gasteiger partial charge in [-0.1, -0.05) is 0 Å². The molecule has 26 heavy (non-hydrogen) atoms. The van der Waals surface area contributed by atoms with Crippen molar-refractivity contribution in [3.63, 3.8) is 0 Å². The summed E-state index contributed by atoms with van der Waals surface area (Å²) in [6.07, 6.45) is -6.98. The van der Waals surface area contributed by atoms with Crippen LogP contribution in [0.3, 0.4) is 0 Å². The summed E-state index contributed by atoms with van der Waals surface area (Å²) in [6.45, 7) is 0.879. The van der Waals surface area contributed by atoms with Crippen molar-refractivity contribution < 1.29 is 38.7 Å². The zero-order chi connectivity index (χ0) is 18.8. The van der Waals surface area contributed by atoms with Crippen LogP contribution in [0.25, 0.3) is 11.0 Å². The highest BCUT2D eigenvalue weighted by Gasteiger charge is 2.45. The molecule has 5 atom stereocenters. The number of ether oxygens (including phenoxy) is 3. The van der Waals surface area contributed by atoms with Crippen LogP contribution in [0.2, 0.25) is 0 Å². The molecule has 3 N–H and O–H groups in total. The van der Waals surface area contributed by atoms with Crippen molar-refractivity contribution in [3.8, 4) is 5.75 Å². The third-order valence-corrected chi connectivity index (χ3v) is 3.97. The highest BCUT2D eigenvalue weighted by Crippen LogP contribution is 2.26. The summed E-state index contributed by atoms with van der Waals surface area (Å²) in [7, 11) is 0. The SMILES string of the molecule is CC(=O)OCC1OC(Oc2ccc3ccc(=O)oc3c2)C(O)C(O)C1O. The third-order valence-electron chi connectivity index (χ3n) is 3.97. The first-order chi connectivity index (χ1) is 12.3. The number of aliphatic hydroxyl groups is 3. The normalized spacial score (nSPS) is 28.7. The zero-order valence-corrected chi connectivity index (χ0v) is 13.8. The van der Waals surface area contributed by atoms with E-state index in [1.807, 2.05) is 0 Å². The van der Waals surface area contributed by atoms with Gasteiger partial charge in [-0.05, 0) is 18.2 Å². The molecule has 1 saturated heterocycles. The molecule has 9 nitrogen and oxygen atoms in total. The number of rotatable bonds is 4. The Bertz CT molecular complexity index is 845. The van der Waals surface area contributed by atoms with Gasteiger partial charge < -0.3 is 33.9 Å². The molecule has 0 amide bonds. The Morgan fingerprint density at radius 1 is 1.12 bits per heavy atom.